The van der Waals surface area contributed by atoms with E-state index in [1.165, 1.54) is 38.6 Å². The lowest BCUT2D eigenvalue weighted by atomic mass is 9.94. The van der Waals surface area contributed by atoms with Gasteiger partial charge >= 0.3 is 0 Å². The predicted octanol–water partition coefficient (Wildman–Crippen LogP) is 2.64. The van der Waals surface area contributed by atoms with E-state index in [1.807, 2.05) is 13.1 Å². The number of piperazine rings is 1. The second kappa shape index (κ2) is 12.6. The van der Waals surface area contributed by atoms with E-state index < -0.39 is 0 Å². The number of halogens is 1. The van der Waals surface area contributed by atoms with Crippen molar-refractivity contribution in [3.8, 4) is 0 Å². The summed E-state index contributed by atoms with van der Waals surface area (Å²) in [6.45, 7) is 7.07. The van der Waals surface area contributed by atoms with E-state index in [0.29, 0.717) is 0 Å². The molecule has 8 heteroatoms. The van der Waals surface area contributed by atoms with Crippen molar-refractivity contribution in [2.24, 2.45) is 4.99 Å². The molecule has 160 valence electrons. The van der Waals surface area contributed by atoms with Crippen molar-refractivity contribution in [3.05, 3.63) is 18.0 Å². The largest absolute Gasteiger partial charge is 0.364 e. The highest BCUT2D eigenvalue weighted by atomic mass is 127. The average Bonchev–Trinajstić information content (AvgIpc) is 3.22. The van der Waals surface area contributed by atoms with Gasteiger partial charge in [0, 0.05) is 58.4 Å². The minimum Gasteiger partial charge on any atom is -0.364 e. The number of hydrogen-bond acceptors (Lipinski definition) is 5. The van der Waals surface area contributed by atoms with Crippen molar-refractivity contribution < 1.29 is 4.52 Å². The number of guanidine groups is 1. The smallest absolute Gasteiger partial charge is 0.193 e. The topological polar surface area (TPSA) is 60.1 Å². The Morgan fingerprint density at radius 3 is 2.64 bits per heavy atom. The number of aromatic nitrogens is 1. The van der Waals surface area contributed by atoms with Gasteiger partial charge in [-0.2, -0.15) is 0 Å². The van der Waals surface area contributed by atoms with Gasteiger partial charge in [0.05, 0.1) is 5.69 Å². The highest BCUT2D eigenvalue weighted by Gasteiger charge is 2.20. The molecule has 1 aromatic rings. The molecule has 0 unspecified atom stereocenters. The number of aliphatic imine (C=N–C) groups is 1. The standard InChI is InChI=1S/C20H36N6O.HI/c1-21-20(22-10-6-11-24(2)19-7-4-3-5-8-19)26-14-12-25(13-15-26)17-18-9-16-27-23-18;/h9,16,19H,3-8,10-15,17H2,1-2H3,(H,21,22);1H. The van der Waals surface area contributed by atoms with Crippen LogP contribution in [-0.4, -0.2) is 85.2 Å². The van der Waals surface area contributed by atoms with Crippen LogP contribution in [0.1, 0.15) is 44.2 Å². The minimum atomic E-state index is 0. The van der Waals surface area contributed by atoms with Gasteiger partial charge in [0.2, 0.25) is 0 Å². The Bertz CT molecular complexity index is 553. The van der Waals surface area contributed by atoms with Gasteiger partial charge in [-0.15, -0.1) is 24.0 Å². The molecule has 28 heavy (non-hydrogen) atoms. The van der Waals surface area contributed by atoms with E-state index in [2.05, 4.69) is 37.2 Å². The molecule has 1 saturated carbocycles. The van der Waals surface area contributed by atoms with E-state index in [9.17, 15) is 0 Å². The lowest BCUT2D eigenvalue weighted by molar-refractivity contribution is 0.168. The van der Waals surface area contributed by atoms with Gasteiger partial charge in [-0.1, -0.05) is 24.4 Å². The normalized spacial score (nSPS) is 19.7. The second-order valence-electron chi connectivity index (χ2n) is 7.85. The summed E-state index contributed by atoms with van der Waals surface area (Å²) >= 11 is 0. The fraction of sp³-hybridized carbons (Fsp3) is 0.800. The summed E-state index contributed by atoms with van der Waals surface area (Å²) in [5.74, 6) is 1.04. The minimum absolute atomic E-state index is 0. The summed E-state index contributed by atoms with van der Waals surface area (Å²) in [6, 6.07) is 2.74. The molecule has 2 heterocycles. The van der Waals surface area contributed by atoms with Crippen LogP contribution in [0.25, 0.3) is 0 Å². The zero-order chi connectivity index (χ0) is 18.9. The summed E-state index contributed by atoms with van der Waals surface area (Å²) in [4.78, 5) is 11.8. The van der Waals surface area contributed by atoms with Gasteiger partial charge in [0.25, 0.3) is 0 Å². The molecule has 0 amide bonds. The molecule has 7 nitrogen and oxygen atoms in total. The SMILES string of the molecule is CN=C(NCCCN(C)C1CCCCC1)N1CCN(Cc2ccon2)CC1.I. The van der Waals surface area contributed by atoms with Gasteiger partial charge in [0.1, 0.15) is 6.26 Å². The Balaban J connectivity index is 0.00000280. The molecule has 1 N–H and O–H groups in total. The van der Waals surface area contributed by atoms with Crippen LogP contribution in [0.4, 0.5) is 0 Å². The Kier molecular flexibility index (Phi) is 10.6. The maximum Gasteiger partial charge on any atom is 0.193 e. The van der Waals surface area contributed by atoms with Crippen molar-refractivity contribution in [1.82, 2.24) is 25.2 Å². The summed E-state index contributed by atoms with van der Waals surface area (Å²) in [5, 5.41) is 7.57. The molecule has 0 spiro atoms. The number of nitrogens with zero attached hydrogens (tertiary/aromatic N) is 5. The van der Waals surface area contributed by atoms with Crippen LogP contribution in [0.3, 0.4) is 0 Å². The monoisotopic (exact) mass is 504 g/mol. The number of nitrogens with one attached hydrogen (secondary N) is 1. The zero-order valence-corrected chi connectivity index (χ0v) is 19.8. The molecule has 0 bridgehead atoms. The van der Waals surface area contributed by atoms with Crippen LogP contribution >= 0.6 is 24.0 Å². The van der Waals surface area contributed by atoms with E-state index >= 15 is 0 Å². The van der Waals surface area contributed by atoms with E-state index in [4.69, 9.17) is 4.52 Å². The Hall–Kier alpha value is -0.870. The third-order valence-corrected chi connectivity index (χ3v) is 5.93. The molecule has 0 radical (unpaired) electrons. The molecule has 0 aromatic carbocycles. The van der Waals surface area contributed by atoms with Crippen molar-refractivity contribution >= 4 is 29.9 Å². The Morgan fingerprint density at radius 2 is 2.00 bits per heavy atom. The fourth-order valence-electron chi connectivity index (χ4n) is 4.23. The molecule has 2 fully saturated rings. The van der Waals surface area contributed by atoms with E-state index in [-0.39, 0.29) is 24.0 Å². The van der Waals surface area contributed by atoms with Crippen molar-refractivity contribution in [3.63, 3.8) is 0 Å². The lowest BCUT2D eigenvalue weighted by Crippen LogP contribution is -2.52. The van der Waals surface area contributed by atoms with Gasteiger partial charge in [-0.3, -0.25) is 9.89 Å². The Morgan fingerprint density at radius 1 is 1.25 bits per heavy atom. The van der Waals surface area contributed by atoms with Gasteiger partial charge in [0.15, 0.2) is 5.96 Å². The maximum absolute atomic E-state index is 4.92. The number of hydrogen-bond donors (Lipinski definition) is 1. The van der Waals surface area contributed by atoms with E-state index in [1.54, 1.807) is 6.26 Å². The first-order chi connectivity index (χ1) is 13.3. The van der Waals surface area contributed by atoms with Crippen LogP contribution in [-0.2, 0) is 6.54 Å². The van der Waals surface area contributed by atoms with E-state index in [0.717, 1.165) is 63.4 Å². The fourth-order valence-corrected chi connectivity index (χ4v) is 4.23. The molecule has 0 atom stereocenters. The lowest BCUT2D eigenvalue weighted by Gasteiger charge is -2.36. The van der Waals surface area contributed by atoms with Crippen LogP contribution in [0.5, 0.6) is 0 Å². The van der Waals surface area contributed by atoms with Crippen LogP contribution in [0, 0.1) is 0 Å². The molecule has 1 aliphatic carbocycles. The van der Waals surface area contributed by atoms with Crippen LogP contribution in [0.15, 0.2) is 21.8 Å². The molecule has 1 saturated heterocycles. The summed E-state index contributed by atoms with van der Waals surface area (Å²) in [6.07, 6.45) is 9.80. The second-order valence-corrected chi connectivity index (χ2v) is 7.85. The van der Waals surface area contributed by atoms with Crippen molar-refractivity contribution in [1.29, 1.82) is 0 Å². The quantitative estimate of drug-likeness (QED) is 0.267. The molecular formula is C20H37IN6O. The molecule has 1 aliphatic heterocycles. The summed E-state index contributed by atoms with van der Waals surface area (Å²) < 4.78 is 4.92. The van der Waals surface area contributed by atoms with Crippen molar-refractivity contribution in [2.75, 3.05) is 53.4 Å². The maximum atomic E-state index is 4.92. The van der Waals surface area contributed by atoms with Crippen molar-refractivity contribution in [2.45, 2.75) is 51.1 Å². The highest BCUT2D eigenvalue weighted by molar-refractivity contribution is 14.0. The first-order valence-electron chi connectivity index (χ1n) is 10.5. The number of rotatable bonds is 7. The first kappa shape index (κ1) is 23.4. The van der Waals surface area contributed by atoms with Gasteiger partial charge in [-0.05, 0) is 32.9 Å². The molecular weight excluding hydrogens is 467 g/mol. The third kappa shape index (κ3) is 7.18. The van der Waals surface area contributed by atoms with Gasteiger partial charge in [-0.25, -0.2) is 0 Å². The highest BCUT2D eigenvalue weighted by Crippen LogP contribution is 2.21. The predicted molar refractivity (Wildman–Crippen MR) is 124 cm³/mol. The first-order valence-corrected chi connectivity index (χ1v) is 10.5. The van der Waals surface area contributed by atoms with Crippen LogP contribution in [0.2, 0.25) is 0 Å². The third-order valence-electron chi connectivity index (χ3n) is 5.93. The zero-order valence-electron chi connectivity index (χ0n) is 17.5. The molecule has 3 rings (SSSR count). The summed E-state index contributed by atoms with van der Waals surface area (Å²) in [5.41, 5.74) is 1.01. The van der Waals surface area contributed by atoms with Crippen LogP contribution < -0.4 is 5.32 Å². The average molecular weight is 504 g/mol. The molecule has 2 aliphatic rings. The molecule has 1 aromatic heterocycles. The van der Waals surface area contributed by atoms with Gasteiger partial charge < -0.3 is 19.6 Å². The Labute approximate surface area is 186 Å². The summed E-state index contributed by atoms with van der Waals surface area (Å²) in [7, 11) is 4.18.